The third-order valence-corrected chi connectivity index (χ3v) is 2.44. The fourth-order valence-corrected chi connectivity index (χ4v) is 1.71. The molecule has 0 radical (unpaired) electrons. The Bertz CT molecular complexity index is 451. The van der Waals surface area contributed by atoms with E-state index in [9.17, 15) is 5.11 Å². The molecule has 15 heavy (non-hydrogen) atoms. The Labute approximate surface area is 88.8 Å². The standard InChI is InChI=1S/C12H14N2O/c1-13-8-12(15)10-6-7-14-11-5-3-2-4-9(10)11/h2-7,12-13,15H,8H2,1H3. The van der Waals surface area contributed by atoms with Crippen LogP contribution in [0.15, 0.2) is 36.5 Å². The maximum absolute atomic E-state index is 9.93. The molecule has 1 aromatic carbocycles. The number of aliphatic hydroxyl groups is 1. The van der Waals surface area contributed by atoms with E-state index in [4.69, 9.17) is 0 Å². The van der Waals surface area contributed by atoms with Crippen LogP contribution in [0.1, 0.15) is 11.7 Å². The lowest BCUT2D eigenvalue weighted by Crippen LogP contribution is -2.16. The Morgan fingerprint density at radius 1 is 1.33 bits per heavy atom. The Balaban J connectivity index is 2.50. The maximum atomic E-state index is 9.93. The van der Waals surface area contributed by atoms with Crippen LogP contribution >= 0.6 is 0 Å². The molecule has 2 rings (SSSR count). The van der Waals surface area contributed by atoms with E-state index >= 15 is 0 Å². The average Bonchev–Trinajstić information content (AvgIpc) is 2.28. The fraction of sp³-hybridized carbons (Fsp3) is 0.250. The van der Waals surface area contributed by atoms with E-state index in [1.807, 2.05) is 37.4 Å². The summed E-state index contributed by atoms with van der Waals surface area (Å²) in [5.41, 5.74) is 1.85. The number of benzene rings is 1. The summed E-state index contributed by atoms with van der Waals surface area (Å²) in [4.78, 5) is 4.25. The van der Waals surface area contributed by atoms with Crippen molar-refractivity contribution in [2.24, 2.45) is 0 Å². The summed E-state index contributed by atoms with van der Waals surface area (Å²) in [7, 11) is 1.83. The Kier molecular flexibility index (Phi) is 2.94. The number of hydrogen-bond acceptors (Lipinski definition) is 3. The number of rotatable bonds is 3. The van der Waals surface area contributed by atoms with Gasteiger partial charge in [0.2, 0.25) is 0 Å². The van der Waals surface area contributed by atoms with Crippen molar-refractivity contribution in [1.29, 1.82) is 0 Å². The van der Waals surface area contributed by atoms with E-state index in [0.29, 0.717) is 6.54 Å². The van der Waals surface area contributed by atoms with Gasteiger partial charge in [0.05, 0.1) is 11.6 Å². The van der Waals surface area contributed by atoms with Gasteiger partial charge in [-0.15, -0.1) is 0 Å². The highest BCUT2D eigenvalue weighted by Crippen LogP contribution is 2.21. The normalized spacial score (nSPS) is 12.9. The van der Waals surface area contributed by atoms with Crippen LogP contribution in [0.4, 0.5) is 0 Å². The molecule has 2 aromatic rings. The van der Waals surface area contributed by atoms with Crippen LogP contribution in [-0.4, -0.2) is 23.7 Å². The molecule has 0 bridgehead atoms. The number of fused-ring (bicyclic) bond motifs is 1. The first-order chi connectivity index (χ1) is 7.33. The number of pyridine rings is 1. The molecule has 0 amide bonds. The van der Waals surface area contributed by atoms with Crippen LogP contribution in [0.25, 0.3) is 10.9 Å². The lowest BCUT2D eigenvalue weighted by Gasteiger charge is -2.12. The van der Waals surface area contributed by atoms with E-state index in [1.54, 1.807) is 6.20 Å². The summed E-state index contributed by atoms with van der Waals surface area (Å²) in [5, 5.41) is 13.9. The molecule has 0 spiro atoms. The van der Waals surface area contributed by atoms with E-state index in [2.05, 4.69) is 10.3 Å². The summed E-state index contributed by atoms with van der Waals surface area (Å²) >= 11 is 0. The van der Waals surface area contributed by atoms with Gasteiger partial charge in [-0.25, -0.2) is 0 Å². The molecule has 3 nitrogen and oxygen atoms in total. The summed E-state index contributed by atoms with van der Waals surface area (Å²) in [6.45, 7) is 0.550. The van der Waals surface area contributed by atoms with Crippen molar-refractivity contribution in [3.8, 4) is 0 Å². The van der Waals surface area contributed by atoms with E-state index < -0.39 is 6.10 Å². The first-order valence-electron chi connectivity index (χ1n) is 4.99. The lowest BCUT2D eigenvalue weighted by molar-refractivity contribution is 0.179. The second-order valence-corrected chi connectivity index (χ2v) is 3.49. The monoisotopic (exact) mass is 202 g/mol. The van der Waals surface area contributed by atoms with Gasteiger partial charge in [0, 0.05) is 18.1 Å². The quantitative estimate of drug-likeness (QED) is 0.792. The minimum atomic E-state index is -0.483. The fourth-order valence-electron chi connectivity index (χ4n) is 1.71. The molecule has 2 N–H and O–H groups in total. The van der Waals surface area contributed by atoms with Crippen LogP contribution in [0.2, 0.25) is 0 Å². The van der Waals surface area contributed by atoms with Crippen molar-refractivity contribution in [3.63, 3.8) is 0 Å². The largest absolute Gasteiger partial charge is 0.387 e. The minimum Gasteiger partial charge on any atom is -0.387 e. The molecular formula is C12H14N2O. The second kappa shape index (κ2) is 4.38. The van der Waals surface area contributed by atoms with Crippen molar-refractivity contribution < 1.29 is 5.11 Å². The molecule has 78 valence electrons. The number of nitrogens with one attached hydrogen (secondary N) is 1. The lowest BCUT2D eigenvalue weighted by atomic mass is 10.0. The number of hydrogen-bond donors (Lipinski definition) is 2. The molecule has 0 aliphatic heterocycles. The molecule has 1 aromatic heterocycles. The molecule has 0 aliphatic carbocycles. The minimum absolute atomic E-state index is 0.483. The molecule has 1 atom stereocenters. The van der Waals surface area contributed by atoms with Crippen molar-refractivity contribution in [2.45, 2.75) is 6.10 Å². The Hall–Kier alpha value is -1.45. The van der Waals surface area contributed by atoms with Crippen LogP contribution in [0.5, 0.6) is 0 Å². The van der Waals surface area contributed by atoms with Gasteiger partial charge in [-0.05, 0) is 24.7 Å². The molecule has 1 heterocycles. The summed E-state index contributed by atoms with van der Waals surface area (Å²) in [6.07, 6.45) is 1.25. The Morgan fingerprint density at radius 3 is 2.93 bits per heavy atom. The van der Waals surface area contributed by atoms with Crippen molar-refractivity contribution in [1.82, 2.24) is 10.3 Å². The molecule has 1 unspecified atom stereocenters. The topological polar surface area (TPSA) is 45.1 Å². The number of aliphatic hydroxyl groups excluding tert-OH is 1. The Morgan fingerprint density at radius 2 is 2.13 bits per heavy atom. The first kappa shape index (κ1) is 10.1. The zero-order valence-corrected chi connectivity index (χ0v) is 8.64. The van der Waals surface area contributed by atoms with Crippen molar-refractivity contribution >= 4 is 10.9 Å². The van der Waals surface area contributed by atoms with Crippen LogP contribution in [0.3, 0.4) is 0 Å². The second-order valence-electron chi connectivity index (χ2n) is 3.49. The predicted octanol–water partition coefficient (Wildman–Crippen LogP) is 1.49. The third-order valence-electron chi connectivity index (χ3n) is 2.44. The highest BCUT2D eigenvalue weighted by Gasteiger charge is 2.09. The zero-order chi connectivity index (χ0) is 10.7. The molecule has 3 heteroatoms. The number of likely N-dealkylation sites (N-methyl/N-ethyl adjacent to an activating group) is 1. The van der Waals surface area contributed by atoms with E-state index in [-0.39, 0.29) is 0 Å². The number of nitrogens with zero attached hydrogens (tertiary/aromatic N) is 1. The molecule has 0 aliphatic rings. The highest BCUT2D eigenvalue weighted by atomic mass is 16.3. The molecule has 0 saturated heterocycles. The van der Waals surface area contributed by atoms with E-state index in [1.165, 1.54) is 0 Å². The van der Waals surface area contributed by atoms with Crippen molar-refractivity contribution in [3.05, 3.63) is 42.1 Å². The molecular weight excluding hydrogens is 188 g/mol. The van der Waals surface area contributed by atoms with Gasteiger partial charge in [0.1, 0.15) is 0 Å². The van der Waals surface area contributed by atoms with Crippen molar-refractivity contribution in [2.75, 3.05) is 13.6 Å². The van der Waals surface area contributed by atoms with Gasteiger partial charge in [-0.3, -0.25) is 4.98 Å². The highest BCUT2D eigenvalue weighted by molar-refractivity contribution is 5.82. The summed E-state index contributed by atoms with van der Waals surface area (Å²) in [5.74, 6) is 0. The number of aromatic nitrogens is 1. The van der Waals surface area contributed by atoms with Gasteiger partial charge < -0.3 is 10.4 Å². The third kappa shape index (κ3) is 1.98. The summed E-state index contributed by atoms with van der Waals surface area (Å²) < 4.78 is 0. The zero-order valence-electron chi connectivity index (χ0n) is 8.64. The van der Waals surface area contributed by atoms with Crippen LogP contribution in [-0.2, 0) is 0 Å². The van der Waals surface area contributed by atoms with Gasteiger partial charge >= 0.3 is 0 Å². The first-order valence-corrected chi connectivity index (χ1v) is 4.99. The van der Waals surface area contributed by atoms with Gasteiger partial charge in [-0.2, -0.15) is 0 Å². The van der Waals surface area contributed by atoms with Gasteiger partial charge in [0.15, 0.2) is 0 Å². The maximum Gasteiger partial charge on any atom is 0.0921 e. The van der Waals surface area contributed by atoms with Gasteiger partial charge in [0.25, 0.3) is 0 Å². The van der Waals surface area contributed by atoms with Crippen LogP contribution < -0.4 is 5.32 Å². The average molecular weight is 202 g/mol. The molecule has 0 fully saturated rings. The summed E-state index contributed by atoms with van der Waals surface area (Å²) in [6, 6.07) is 9.70. The van der Waals surface area contributed by atoms with Gasteiger partial charge in [-0.1, -0.05) is 18.2 Å². The molecule has 0 saturated carbocycles. The number of para-hydroxylation sites is 1. The smallest absolute Gasteiger partial charge is 0.0921 e. The van der Waals surface area contributed by atoms with E-state index in [0.717, 1.165) is 16.5 Å². The SMILES string of the molecule is CNCC(O)c1ccnc2ccccc12. The van der Waals surface area contributed by atoms with Crippen LogP contribution in [0, 0.1) is 0 Å². The predicted molar refractivity (Wildman–Crippen MR) is 60.6 cm³/mol.